The van der Waals surface area contributed by atoms with E-state index >= 15 is 0 Å². The highest BCUT2D eigenvalue weighted by molar-refractivity contribution is 6.03. The third-order valence-corrected chi connectivity index (χ3v) is 4.18. The molecule has 0 aliphatic carbocycles. The highest BCUT2D eigenvalue weighted by Gasteiger charge is 2.16. The molecule has 8 nitrogen and oxygen atoms in total. The van der Waals surface area contributed by atoms with Gasteiger partial charge >= 0.3 is 0 Å². The van der Waals surface area contributed by atoms with E-state index in [0.29, 0.717) is 5.76 Å². The van der Waals surface area contributed by atoms with E-state index in [2.05, 4.69) is 5.32 Å². The first-order valence-corrected chi connectivity index (χ1v) is 8.66. The quantitative estimate of drug-likeness (QED) is 0.488. The van der Waals surface area contributed by atoms with Gasteiger partial charge in [0.15, 0.2) is 5.76 Å². The van der Waals surface area contributed by atoms with E-state index in [1.807, 2.05) is 38.1 Å². The van der Waals surface area contributed by atoms with Crippen LogP contribution >= 0.6 is 0 Å². The summed E-state index contributed by atoms with van der Waals surface area (Å²) in [7, 11) is 0. The van der Waals surface area contributed by atoms with Crippen molar-refractivity contribution < 1.29 is 18.9 Å². The maximum Gasteiger partial charge on any atom is 0.291 e. The first kappa shape index (κ1) is 19.6. The molecule has 8 heteroatoms. The van der Waals surface area contributed by atoms with Gasteiger partial charge in [-0.3, -0.25) is 14.9 Å². The number of nitrogens with one attached hydrogen (secondary N) is 1. The van der Waals surface area contributed by atoms with Crippen molar-refractivity contribution in [1.82, 2.24) is 0 Å². The Balaban J connectivity index is 1.69. The number of carbonyl (C=O) groups is 1. The molecule has 1 heterocycles. The number of hydrogen-bond donors (Lipinski definition) is 1. The maximum absolute atomic E-state index is 12.4. The van der Waals surface area contributed by atoms with Crippen molar-refractivity contribution in [3.8, 4) is 11.8 Å². The molecular formula is C21H17N3O5. The minimum absolute atomic E-state index is 0.0161. The summed E-state index contributed by atoms with van der Waals surface area (Å²) >= 11 is 0. The molecule has 0 unspecified atom stereocenters. The van der Waals surface area contributed by atoms with Crippen molar-refractivity contribution in [3.63, 3.8) is 0 Å². The Bertz CT molecular complexity index is 1130. The zero-order valence-corrected chi connectivity index (χ0v) is 15.8. The first-order chi connectivity index (χ1) is 13.9. The molecule has 0 bridgehead atoms. The first-order valence-electron chi connectivity index (χ1n) is 8.66. The fourth-order valence-electron chi connectivity index (χ4n) is 2.62. The van der Waals surface area contributed by atoms with Gasteiger partial charge in [-0.05, 0) is 49.2 Å². The highest BCUT2D eigenvalue weighted by atomic mass is 16.6. The van der Waals surface area contributed by atoms with Crippen LogP contribution in [0, 0.1) is 35.3 Å². The molecule has 0 saturated heterocycles. The number of amides is 1. The molecule has 29 heavy (non-hydrogen) atoms. The number of anilines is 1. The summed E-state index contributed by atoms with van der Waals surface area (Å²) in [5, 5.41) is 22.5. The lowest BCUT2D eigenvalue weighted by molar-refractivity contribution is -0.384. The summed E-state index contributed by atoms with van der Waals surface area (Å²) in [4.78, 5) is 22.6. The van der Waals surface area contributed by atoms with Crippen LogP contribution in [0.25, 0.3) is 0 Å². The lowest BCUT2D eigenvalue weighted by Gasteiger charge is -2.08. The second kappa shape index (κ2) is 8.27. The summed E-state index contributed by atoms with van der Waals surface area (Å²) < 4.78 is 11.3. The lowest BCUT2D eigenvalue weighted by atomic mass is 10.1. The van der Waals surface area contributed by atoms with E-state index in [1.54, 1.807) is 6.07 Å². The summed E-state index contributed by atoms with van der Waals surface area (Å²) in [6.45, 7) is 4.06. The smallest absolute Gasteiger partial charge is 0.291 e. The summed E-state index contributed by atoms with van der Waals surface area (Å²) in [6, 6.07) is 14.4. The average molecular weight is 391 g/mol. The predicted octanol–water partition coefficient (Wildman–Crippen LogP) is 4.51. The minimum Gasteiger partial charge on any atom is -0.485 e. The number of hydrogen-bond acceptors (Lipinski definition) is 6. The van der Waals surface area contributed by atoms with Crippen molar-refractivity contribution in [2.75, 3.05) is 5.32 Å². The number of rotatable bonds is 6. The van der Waals surface area contributed by atoms with E-state index in [1.165, 1.54) is 18.2 Å². The number of nitriles is 1. The third kappa shape index (κ3) is 4.59. The second-order valence-corrected chi connectivity index (χ2v) is 6.38. The Hall–Kier alpha value is -4.12. The Kier molecular flexibility index (Phi) is 5.60. The molecule has 0 aliphatic heterocycles. The zero-order valence-electron chi connectivity index (χ0n) is 15.8. The minimum atomic E-state index is -0.610. The zero-order chi connectivity index (χ0) is 21.0. The lowest BCUT2D eigenvalue weighted by Crippen LogP contribution is -2.12. The van der Waals surface area contributed by atoms with Crippen LogP contribution in [0.2, 0.25) is 0 Å². The van der Waals surface area contributed by atoms with Crippen LogP contribution in [0.1, 0.15) is 33.0 Å². The number of non-ortho nitro benzene ring substituents is 1. The number of nitrogens with zero attached hydrogens (tertiary/aromatic N) is 2. The number of carbonyl (C=O) groups excluding carboxylic acids is 1. The average Bonchev–Trinajstić information content (AvgIpc) is 3.18. The predicted molar refractivity (Wildman–Crippen MR) is 105 cm³/mol. The molecule has 3 aromatic rings. The molecule has 2 aromatic carbocycles. The highest BCUT2D eigenvalue weighted by Crippen LogP contribution is 2.23. The molecule has 0 spiro atoms. The van der Waals surface area contributed by atoms with Crippen molar-refractivity contribution in [3.05, 3.63) is 86.9 Å². The van der Waals surface area contributed by atoms with Crippen LogP contribution in [0.4, 0.5) is 11.4 Å². The van der Waals surface area contributed by atoms with Crippen LogP contribution in [0.15, 0.2) is 52.9 Å². The molecule has 0 fully saturated rings. The van der Waals surface area contributed by atoms with Gasteiger partial charge in [0.2, 0.25) is 0 Å². The Morgan fingerprint density at radius 2 is 2.00 bits per heavy atom. The topological polar surface area (TPSA) is 118 Å². The van der Waals surface area contributed by atoms with Crippen LogP contribution in [-0.4, -0.2) is 10.8 Å². The van der Waals surface area contributed by atoms with Gasteiger partial charge in [-0.2, -0.15) is 5.26 Å². The van der Waals surface area contributed by atoms with Gasteiger partial charge in [0.25, 0.3) is 11.6 Å². The van der Waals surface area contributed by atoms with Crippen LogP contribution in [0.3, 0.4) is 0 Å². The molecule has 0 aliphatic rings. The van der Waals surface area contributed by atoms with E-state index in [9.17, 15) is 14.9 Å². The van der Waals surface area contributed by atoms with E-state index in [-0.39, 0.29) is 29.3 Å². The SMILES string of the molecule is Cc1ccc(C)c(OCc2ccc(C(=O)Nc3ccc([N+](=O)[O-])cc3C#N)o2)c1. The number of aryl methyl sites for hydroxylation is 2. The summed E-state index contributed by atoms with van der Waals surface area (Å²) in [5.74, 6) is 0.650. The Labute approximate surface area is 166 Å². The van der Waals surface area contributed by atoms with Crippen LogP contribution in [-0.2, 0) is 6.61 Å². The van der Waals surface area contributed by atoms with Gasteiger partial charge in [0.1, 0.15) is 24.2 Å². The van der Waals surface area contributed by atoms with Gasteiger partial charge in [-0.15, -0.1) is 0 Å². The molecule has 3 rings (SSSR count). The fraction of sp³-hybridized carbons (Fsp3) is 0.143. The Morgan fingerprint density at radius 3 is 2.72 bits per heavy atom. The van der Waals surface area contributed by atoms with Gasteiger partial charge in [-0.1, -0.05) is 12.1 Å². The number of furan rings is 1. The van der Waals surface area contributed by atoms with Crippen LogP contribution < -0.4 is 10.1 Å². The van der Waals surface area contributed by atoms with E-state index in [4.69, 9.17) is 14.4 Å². The van der Waals surface area contributed by atoms with Crippen molar-refractivity contribution in [2.45, 2.75) is 20.5 Å². The van der Waals surface area contributed by atoms with Crippen molar-refractivity contribution in [2.24, 2.45) is 0 Å². The molecule has 1 amide bonds. The normalized spacial score (nSPS) is 10.2. The van der Waals surface area contributed by atoms with Gasteiger partial charge in [-0.25, -0.2) is 0 Å². The van der Waals surface area contributed by atoms with Gasteiger partial charge < -0.3 is 14.5 Å². The second-order valence-electron chi connectivity index (χ2n) is 6.38. The number of nitro groups is 1. The number of ether oxygens (including phenoxy) is 1. The molecule has 1 aromatic heterocycles. The third-order valence-electron chi connectivity index (χ3n) is 4.18. The van der Waals surface area contributed by atoms with Crippen molar-refractivity contribution >= 4 is 17.3 Å². The molecule has 1 N–H and O–H groups in total. The number of benzene rings is 2. The summed E-state index contributed by atoms with van der Waals surface area (Å²) in [6.07, 6.45) is 0. The molecular weight excluding hydrogens is 374 g/mol. The van der Waals surface area contributed by atoms with E-state index in [0.717, 1.165) is 22.9 Å². The van der Waals surface area contributed by atoms with E-state index < -0.39 is 10.8 Å². The molecule has 0 saturated carbocycles. The molecule has 0 radical (unpaired) electrons. The maximum atomic E-state index is 12.4. The van der Waals surface area contributed by atoms with Gasteiger partial charge in [0, 0.05) is 12.1 Å². The van der Waals surface area contributed by atoms with Gasteiger partial charge in [0.05, 0.1) is 16.2 Å². The van der Waals surface area contributed by atoms with Crippen LogP contribution in [0.5, 0.6) is 5.75 Å². The summed E-state index contributed by atoms with van der Waals surface area (Å²) in [5.41, 5.74) is 1.97. The van der Waals surface area contributed by atoms with Crippen molar-refractivity contribution in [1.29, 1.82) is 5.26 Å². The largest absolute Gasteiger partial charge is 0.485 e. The number of nitro benzene ring substituents is 1. The molecule has 0 atom stereocenters. The fourth-order valence-corrected chi connectivity index (χ4v) is 2.62. The Morgan fingerprint density at radius 1 is 1.21 bits per heavy atom. The molecule has 146 valence electrons. The standard InChI is InChI=1S/C21H17N3O5/c1-13-3-4-14(2)20(9-13)28-12-17-6-8-19(29-17)21(25)23-18-7-5-16(24(26)27)10-15(18)11-22/h3-10H,12H2,1-2H3,(H,23,25). The monoisotopic (exact) mass is 391 g/mol.